The van der Waals surface area contributed by atoms with E-state index < -0.39 is 32.4 Å². The number of carbonyl (C=O) groups is 1. The SMILES string of the molecule is O=C(C1CCCCC1)N1CCN(S(=O)(=O)c2ccc(F)c(F)c2F)CC1. The molecule has 5 nitrogen and oxygen atoms in total. The predicted octanol–water partition coefficient (Wildman–Crippen LogP) is 2.52. The van der Waals surface area contributed by atoms with Gasteiger partial charge in [-0.3, -0.25) is 4.79 Å². The lowest BCUT2D eigenvalue weighted by molar-refractivity contribution is -0.137. The molecule has 9 heteroatoms. The Morgan fingerprint density at radius 1 is 0.923 bits per heavy atom. The first-order valence-electron chi connectivity index (χ1n) is 8.75. The molecule has 1 aromatic rings. The Bertz CT molecular complexity index is 787. The van der Waals surface area contributed by atoms with Crippen LogP contribution in [0.4, 0.5) is 13.2 Å². The molecule has 0 aromatic heterocycles. The maximum absolute atomic E-state index is 13.9. The van der Waals surface area contributed by atoms with Gasteiger partial charge in [0.2, 0.25) is 15.9 Å². The number of carbonyl (C=O) groups excluding carboxylic acids is 1. The fourth-order valence-electron chi connectivity index (χ4n) is 3.60. The van der Waals surface area contributed by atoms with Gasteiger partial charge in [-0.1, -0.05) is 19.3 Å². The molecule has 1 aliphatic carbocycles. The van der Waals surface area contributed by atoms with Gasteiger partial charge in [-0.05, 0) is 25.0 Å². The molecule has 1 heterocycles. The maximum Gasteiger partial charge on any atom is 0.246 e. The second kappa shape index (κ2) is 7.56. The molecular weight excluding hydrogens is 369 g/mol. The fourth-order valence-corrected chi connectivity index (χ4v) is 5.08. The van der Waals surface area contributed by atoms with E-state index in [2.05, 4.69) is 0 Å². The Morgan fingerprint density at radius 2 is 1.54 bits per heavy atom. The minimum atomic E-state index is -4.29. The van der Waals surface area contributed by atoms with Crippen LogP contribution in [0.1, 0.15) is 32.1 Å². The van der Waals surface area contributed by atoms with Gasteiger partial charge in [0.25, 0.3) is 0 Å². The predicted molar refractivity (Wildman–Crippen MR) is 88.2 cm³/mol. The topological polar surface area (TPSA) is 57.7 Å². The van der Waals surface area contributed by atoms with Crippen LogP contribution >= 0.6 is 0 Å². The highest BCUT2D eigenvalue weighted by Crippen LogP contribution is 2.27. The standard InChI is InChI=1S/C17H21F3N2O3S/c18-13-6-7-14(16(20)15(13)19)26(24,25)22-10-8-21(9-11-22)17(23)12-4-2-1-3-5-12/h6-7,12H,1-5,8-11H2. The summed E-state index contributed by atoms with van der Waals surface area (Å²) in [6.07, 6.45) is 4.91. The Kier molecular flexibility index (Phi) is 5.57. The monoisotopic (exact) mass is 390 g/mol. The van der Waals surface area contributed by atoms with Crippen molar-refractivity contribution in [1.29, 1.82) is 0 Å². The molecule has 0 radical (unpaired) electrons. The van der Waals surface area contributed by atoms with Crippen molar-refractivity contribution in [3.63, 3.8) is 0 Å². The second-order valence-corrected chi connectivity index (χ2v) is 8.64. The fraction of sp³-hybridized carbons (Fsp3) is 0.588. The van der Waals surface area contributed by atoms with Crippen LogP contribution in [-0.4, -0.2) is 49.7 Å². The van der Waals surface area contributed by atoms with E-state index in [1.807, 2.05) is 0 Å². The molecule has 0 atom stereocenters. The molecule has 1 amide bonds. The van der Waals surface area contributed by atoms with Gasteiger partial charge >= 0.3 is 0 Å². The van der Waals surface area contributed by atoms with E-state index in [0.717, 1.165) is 42.5 Å². The van der Waals surface area contributed by atoms with Crippen LogP contribution in [0.3, 0.4) is 0 Å². The number of amides is 1. The van der Waals surface area contributed by atoms with Gasteiger partial charge in [-0.15, -0.1) is 0 Å². The number of halogens is 3. The highest BCUT2D eigenvalue weighted by molar-refractivity contribution is 7.89. The minimum Gasteiger partial charge on any atom is -0.340 e. The van der Waals surface area contributed by atoms with Gasteiger partial charge in [0, 0.05) is 32.1 Å². The molecule has 0 spiro atoms. The van der Waals surface area contributed by atoms with Crippen molar-refractivity contribution in [2.45, 2.75) is 37.0 Å². The van der Waals surface area contributed by atoms with Gasteiger partial charge < -0.3 is 4.90 Å². The molecule has 3 rings (SSSR count). The zero-order valence-electron chi connectivity index (χ0n) is 14.3. The summed E-state index contributed by atoms with van der Waals surface area (Å²) in [5.74, 6) is -4.93. The summed E-state index contributed by atoms with van der Waals surface area (Å²) in [5.41, 5.74) is 0. The number of benzene rings is 1. The zero-order chi connectivity index (χ0) is 18.9. The largest absolute Gasteiger partial charge is 0.340 e. The molecule has 1 saturated carbocycles. The summed E-state index contributed by atoms with van der Waals surface area (Å²) in [7, 11) is -4.29. The van der Waals surface area contributed by atoms with E-state index >= 15 is 0 Å². The average molecular weight is 390 g/mol. The maximum atomic E-state index is 13.9. The summed E-state index contributed by atoms with van der Waals surface area (Å²) in [5, 5.41) is 0. The summed E-state index contributed by atoms with van der Waals surface area (Å²) < 4.78 is 66.4. The summed E-state index contributed by atoms with van der Waals surface area (Å²) in [4.78, 5) is 13.3. The first-order chi connectivity index (χ1) is 12.3. The molecule has 0 bridgehead atoms. The molecule has 0 N–H and O–H groups in total. The van der Waals surface area contributed by atoms with Crippen molar-refractivity contribution >= 4 is 15.9 Å². The Hall–Kier alpha value is -1.61. The normalized spacial score (nSPS) is 20.3. The minimum absolute atomic E-state index is 0.000765. The van der Waals surface area contributed by atoms with Crippen LogP contribution in [0, 0.1) is 23.4 Å². The van der Waals surface area contributed by atoms with Gasteiger partial charge in [0.1, 0.15) is 4.90 Å². The Balaban J connectivity index is 1.69. The number of nitrogens with zero attached hydrogens (tertiary/aromatic N) is 2. The van der Waals surface area contributed by atoms with Crippen LogP contribution in [0.5, 0.6) is 0 Å². The van der Waals surface area contributed by atoms with Crippen LogP contribution in [0.2, 0.25) is 0 Å². The van der Waals surface area contributed by atoms with Crippen molar-refractivity contribution in [3.05, 3.63) is 29.6 Å². The number of piperazine rings is 1. The number of sulfonamides is 1. The van der Waals surface area contributed by atoms with Crippen LogP contribution in [0.15, 0.2) is 17.0 Å². The highest BCUT2D eigenvalue weighted by Gasteiger charge is 2.35. The molecule has 1 saturated heterocycles. The van der Waals surface area contributed by atoms with Crippen molar-refractivity contribution in [3.8, 4) is 0 Å². The van der Waals surface area contributed by atoms with Crippen LogP contribution < -0.4 is 0 Å². The summed E-state index contributed by atoms with van der Waals surface area (Å²) in [6, 6.07) is 1.32. The van der Waals surface area contributed by atoms with Crippen molar-refractivity contribution < 1.29 is 26.4 Å². The lowest BCUT2D eigenvalue weighted by Crippen LogP contribution is -2.52. The van der Waals surface area contributed by atoms with Crippen LogP contribution in [-0.2, 0) is 14.8 Å². The third-order valence-electron chi connectivity index (χ3n) is 5.12. The van der Waals surface area contributed by atoms with Gasteiger partial charge in [0.05, 0.1) is 0 Å². The van der Waals surface area contributed by atoms with Gasteiger partial charge in [0.15, 0.2) is 17.5 Å². The van der Waals surface area contributed by atoms with E-state index in [9.17, 15) is 26.4 Å². The average Bonchev–Trinajstić information content (AvgIpc) is 2.66. The first-order valence-corrected chi connectivity index (χ1v) is 10.2. The molecule has 0 unspecified atom stereocenters. The number of rotatable bonds is 3. The second-order valence-electron chi connectivity index (χ2n) is 6.74. The molecule has 2 fully saturated rings. The quantitative estimate of drug-likeness (QED) is 0.746. The van der Waals surface area contributed by atoms with Crippen molar-refractivity contribution in [1.82, 2.24) is 9.21 Å². The summed E-state index contributed by atoms with van der Waals surface area (Å²) in [6.45, 7) is 0.415. The van der Waals surface area contributed by atoms with E-state index in [-0.39, 0.29) is 38.0 Å². The zero-order valence-corrected chi connectivity index (χ0v) is 15.1. The highest BCUT2D eigenvalue weighted by atomic mass is 32.2. The first kappa shape index (κ1) is 19.2. The van der Waals surface area contributed by atoms with Crippen molar-refractivity contribution in [2.24, 2.45) is 5.92 Å². The van der Waals surface area contributed by atoms with Crippen molar-refractivity contribution in [2.75, 3.05) is 26.2 Å². The molecule has 2 aliphatic rings. The van der Waals surface area contributed by atoms with Gasteiger partial charge in [-0.2, -0.15) is 4.31 Å². The molecular formula is C17H21F3N2O3S. The number of hydrogen-bond donors (Lipinski definition) is 0. The van der Waals surface area contributed by atoms with E-state index in [1.165, 1.54) is 0 Å². The summed E-state index contributed by atoms with van der Waals surface area (Å²) >= 11 is 0. The number of hydrogen-bond acceptors (Lipinski definition) is 3. The van der Waals surface area contributed by atoms with E-state index in [0.29, 0.717) is 6.07 Å². The Morgan fingerprint density at radius 3 is 2.15 bits per heavy atom. The molecule has 144 valence electrons. The third-order valence-corrected chi connectivity index (χ3v) is 7.04. The van der Waals surface area contributed by atoms with E-state index in [1.54, 1.807) is 4.90 Å². The molecule has 1 aromatic carbocycles. The molecule has 26 heavy (non-hydrogen) atoms. The lowest BCUT2D eigenvalue weighted by Gasteiger charge is -2.36. The third kappa shape index (κ3) is 3.59. The smallest absolute Gasteiger partial charge is 0.246 e. The van der Waals surface area contributed by atoms with Crippen LogP contribution in [0.25, 0.3) is 0 Å². The van der Waals surface area contributed by atoms with Gasteiger partial charge in [-0.25, -0.2) is 21.6 Å². The Labute approximate surface area is 150 Å². The van der Waals surface area contributed by atoms with E-state index in [4.69, 9.17) is 0 Å². The lowest BCUT2D eigenvalue weighted by atomic mass is 9.88. The molecule has 1 aliphatic heterocycles.